The highest BCUT2D eigenvalue weighted by Crippen LogP contribution is 2.29. The second kappa shape index (κ2) is 8.89. The third-order valence-corrected chi connectivity index (χ3v) is 5.04. The highest BCUT2D eigenvalue weighted by Gasteiger charge is 2.31. The second-order valence-electron chi connectivity index (χ2n) is 7.08. The third kappa shape index (κ3) is 4.24. The van der Waals surface area contributed by atoms with Gasteiger partial charge in [-0.1, -0.05) is 17.3 Å². The number of benzene rings is 1. The number of carbonyl (C=O) groups excluding carboxylic acids is 1. The first kappa shape index (κ1) is 19.8. The number of methoxy groups -OCH3 is 1. The summed E-state index contributed by atoms with van der Waals surface area (Å²) in [5.41, 5.74) is 0.527. The van der Waals surface area contributed by atoms with Crippen LogP contribution in [0.25, 0.3) is 11.6 Å². The fraction of sp³-hybridized carbons (Fsp3) is 0.381. The number of nitrogens with zero attached hydrogens (tertiary/aromatic N) is 5. The Kier molecular flexibility index (Phi) is 5.87. The summed E-state index contributed by atoms with van der Waals surface area (Å²) in [4.78, 5) is 27.4. The molecule has 3 heterocycles. The molecule has 0 spiro atoms. The van der Waals surface area contributed by atoms with E-state index in [-0.39, 0.29) is 11.8 Å². The highest BCUT2D eigenvalue weighted by molar-refractivity contribution is 5.81. The number of ether oxygens (including phenoxy) is 2. The van der Waals surface area contributed by atoms with Gasteiger partial charge in [0.2, 0.25) is 0 Å². The van der Waals surface area contributed by atoms with E-state index in [2.05, 4.69) is 20.1 Å². The number of para-hydroxylation sites is 2. The van der Waals surface area contributed by atoms with E-state index in [4.69, 9.17) is 14.0 Å². The lowest BCUT2D eigenvalue weighted by molar-refractivity contribution is -0.139. The Morgan fingerprint density at radius 2 is 2.10 bits per heavy atom. The molecule has 9 nitrogen and oxygen atoms in total. The van der Waals surface area contributed by atoms with Gasteiger partial charge in [0.15, 0.2) is 23.4 Å². The normalized spacial score (nSPS) is 17.4. The van der Waals surface area contributed by atoms with Crippen LogP contribution in [0.15, 0.2) is 47.4 Å². The van der Waals surface area contributed by atoms with Crippen molar-refractivity contribution in [3.8, 4) is 23.1 Å². The van der Waals surface area contributed by atoms with Crippen LogP contribution in [0.4, 0.5) is 0 Å². The zero-order chi connectivity index (χ0) is 20.9. The molecule has 0 saturated carbocycles. The zero-order valence-corrected chi connectivity index (χ0v) is 16.9. The molecule has 2 atom stereocenters. The van der Waals surface area contributed by atoms with E-state index in [1.54, 1.807) is 49.7 Å². The fourth-order valence-corrected chi connectivity index (χ4v) is 3.52. The number of hydrogen-bond acceptors (Lipinski definition) is 8. The van der Waals surface area contributed by atoms with Gasteiger partial charge in [-0.3, -0.25) is 9.78 Å². The van der Waals surface area contributed by atoms with Gasteiger partial charge < -0.3 is 18.9 Å². The van der Waals surface area contributed by atoms with E-state index >= 15 is 0 Å². The highest BCUT2D eigenvalue weighted by atomic mass is 16.5. The summed E-state index contributed by atoms with van der Waals surface area (Å²) in [6.07, 6.45) is 5.83. The summed E-state index contributed by atoms with van der Waals surface area (Å²) in [5, 5.41) is 4.11. The van der Waals surface area contributed by atoms with Crippen LogP contribution in [-0.2, 0) is 4.79 Å². The molecule has 1 saturated heterocycles. The van der Waals surface area contributed by atoms with Gasteiger partial charge in [-0.2, -0.15) is 4.98 Å². The molecule has 1 aliphatic heterocycles. The van der Waals surface area contributed by atoms with Crippen molar-refractivity contribution in [2.45, 2.75) is 31.8 Å². The van der Waals surface area contributed by atoms with Crippen LogP contribution in [0.2, 0.25) is 0 Å². The van der Waals surface area contributed by atoms with Gasteiger partial charge in [-0.25, -0.2) is 4.98 Å². The standard InChI is InChI=1S/C21H23N5O4/c1-14(29-18-8-4-3-7-17(18)28-2)21(27)26-11-5-6-15(13-26)19-24-20(30-25-19)16-12-22-9-10-23-16/h3-4,7-10,12,14-15H,5-6,11,13H2,1-2H3. The van der Waals surface area contributed by atoms with E-state index in [0.29, 0.717) is 42.0 Å². The second-order valence-corrected chi connectivity index (χ2v) is 7.08. The molecule has 0 bridgehead atoms. The Morgan fingerprint density at radius 1 is 1.27 bits per heavy atom. The maximum Gasteiger partial charge on any atom is 0.278 e. The number of likely N-dealkylation sites (tertiary alicyclic amines) is 1. The number of carbonyl (C=O) groups is 1. The molecule has 0 radical (unpaired) electrons. The van der Waals surface area contributed by atoms with Crippen LogP contribution in [0.3, 0.4) is 0 Å². The van der Waals surface area contributed by atoms with Gasteiger partial charge in [0.25, 0.3) is 11.8 Å². The number of piperidine rings is 1. The zero-order valence-electron chi connectivity index (χ0n) is 16.9. The van der Waals surface area contributed by atoms with Crippen LogP contribution in [-0.4, -0.2) is 57.2 Å². The fourth-order valence-electron chi connectivity index (χ4n) is 3.52. The van der Waals surface area contributed by atoms with Crippen LogP contribution >= 0.6 is 0 Å². The topological polar surface area (TPSA) is 103 Å². The quantitative estimate of drug-likeness (QED) is 0.612. The van der Waals surface area contributed by atoms with Crippen molar-refractivity contribution >= 4 is 5.91 Å². The molecule has 2 aromatic heterocycles. The average Bonchev–Trinajstić information content (AvgIpc) is 3.30. The molecular formula is C21H23N5O4. The van der Waals surface area contributed by atoms with Gasteiger partial charge in [-0.05, 0) is 31.9 Å². The minimum Gasteiger partial charge on any atom is -0.493 e. The molecule has 0 aliphatic carbocycles. The molecular weight excluding hydrogens is 386 g/mol. The molecule has 30 heavy (non-hydrogen) atoms. The summed E-state index contributed by atoms with van der Waals surface area (Å²) in [5.74, 6) is 1.96. The molecule has 2 unspecified atom stereocenters. The maximum atomic E-state index is 13.0. The lowest BCUT2D eigenvalue weighted by atomic mass is 9.97. The van der Waals surface area contributed by atoms with E-state index in [1.807, 2.05) is 12.1 Å². The molecule has 9 heteroatoms. The van der Waals surface area contributed by atoms with E-state index < -0.39 is 6.10 Å². The first-order valence-electron chi connectivity index (χ1n) is 9.84. The van der Waals surface area contributed by atoms with Crippen LogP contribution in [0.5, 0.6) is 11.5 Å². The third-order valence-electron chi connectivity index (χ3n) is 5.04. The molecule has 4 rings (SSSR count). The Morgan fingerprint density at radius 3 is 2.87 bits per heavy atom. The lowest BCUT2D eigenvalue weighted by Crippen LogP contribution is -2.45. The Bertz CT molecular complexity index is 994. The summed E-state index contributed by atoms with van der Waals surface area (Å²) in [6.45, 7) is 2.93. The number of hydrogen-bond donors (Lipinski definition) is 0. The molecule has 1 amide bonds. The molecule has 1 aromatic carbocycles. The molecule has 3 aromatic rings. The Balaban J connectivity index is 1.42. The Labute approximate surface area is 174 Å². The minimum atomic E-state index is -0.638. The van der Waals surface area contributed by atoms with Gasteiger partial charge in [-0.15, -0.1) is 0 Å². The molecule has 1 fully saturated rings. The van der Waals surface area contributed by atoms with Crippen LogP contribution < -0.4 is 9.47 Å². The van der Waals surface area contributed by atoms with Gasteiger partial charge in [0.1, 0.15) is 5.69 Å². The van der Waals surface area contributed by atoms with Crippen molar-refractivity contribution in [1.82, 2.24) is 25.0 Å². The average molecular weight is 409 g/mol. The first-order chi connectivity index (χ1) is 14.7. The molecule has 1 aliphatic rings. The minimum absolute atomic E-state index is 0.00432. The van der Waals surface area contributed by atoms with E-state index in [9.17, 15) is 4.79 Å². The number of rotatable bonds is 6. The van der Waals surface area contributed by atoms with Crippen molar-refractivity contribution in [3.63, 3.8) is 0 Å². The number of aromatic nitrogens is 4. The maximum absolute atomic E-state index is 13.0. The van der Waals surface area contributed by atoms with Crippen molar-refractivity contribution in [2.24, 2.45) is 0 Å². The van der Waals surface area contributed by atoms with E-state index in [0.717, 1.165) is 12.8 Å². The van der Waals surface area contributed by atoms with Gasteiger partial charge >= 0.3 is 0 Å². The van der Waals surface area contributed by atoms with Crippen molar-refractivity contribution in [1.29, 1.82) is 0 Å². The lowest BCUT2D eigenvalue weighted by Gasteiger charge is -2.33. The van der Waals surface area contributed by atoms with Gasteiger partial charge in [0.05, 0.1) is 13.3 Å². The smallest absolute Gasteiger partial charge is 0.278 e. The monoisotopic (exact) mass is 409 g/mol. The summed E-state index contributed by atoms with van der Waals surface area (Å²) in [6, 6.07) is 7.29. The first-order valence-corrected chi connectivity index (χ1v) is 9.84. The van der Waals surface area contributed by atoms with Crippen LogP contribution in [0, 0.1) is 0 Å². The van der Waals surface area contributed by atoms with E-state index in [1.165, 1.54) is 0 Å². The predicted octanol–water partition coefficient (Wildman–Crippen LogP) is 2.71. The van der Waals surface area contributed by atoms with Crippen LogP contribution in [0.1, 0.15) is 31.5 Å². The van der Waals surface area contributed by atoms with Crippen molar-refractivity contribution < 1.29 is 18.8 Å². The summed E-state index contributed by atoms with van der Waals surface area (Å²) < 4.78 is 16.5. The number of amides is 1. The predicted molar refractivity (Wildman–Crippen MR) is 107 cm³/mol. The van der Waals surface area contributed by atoms with Crippen molar-refractivity contribution in [3.05, 3.63) is 48.7 Å². The summed E-state index contributed by atoms with van der Waals surface area (Å²) >= 11 is 0. The van der Waals surface area contributed by atoms with Crippen molar-refractivity contribution in [2.75, 3.05) is 20.2 Å². The molecule has 156 valence electrons. The SMILES string of the molecule is COc1ccccc1OC(C)C(=O)N1CCCC(c2noc(-c3cnccn3)n2)C1. The Hall–Kier alpha value is -3.49. The summed E-state index contributed by atoms with van der Waals surface area (Å²) in [7, 11) is 1.57. The van der Waals surface area contributed by atoms with Gasteiger partial charge in [0, 0.05) is 31.4 Å². The molecule has 0 N–H and O–H groups in total. The largest absolute Gasteiger partial charge is 0.493 e.